The second-order valence-electron chi connectivity index (χ2n) is 3.91. The molecule has 1 aromatic carbocycles. The highest BCUT2D eigenvalue weighted by atomic mass is 32.2. The van der Waals surface area contributed by atoms with Gasteiger partial charge in [0.25, 0.3) is 15.9 Å². The molecule has 0 radical (unpaired) electrons. The lowest BCUT2D eigenvalue weighted by molar-refractivity contribution is 0.0940. The summed E-state index contributed by atoms with van der Waals surface area (Å²) in [5.41, 5.74) is 2.78. The molecule has 21 heavy (non-hydrogen) atoms. The molecule has 0 aliphatic heterocycles. The maximum absolute atomic E-state index is 11.7. The maximum atomic E-state index is 11.7. The van der Waals surface area contributed by atoms with Crippen LogP contribution in [0.25, 0.3) is 6.08 Å². The second kappa shape index (κ2) is 6.73. The molecule has 1 aromatic heterocycles. The molecular formula is C13H12N4O3S. The van der Waals surface area contributed by atoms with E-state index < -0.39 is 15.9 Å². The molecule has 0 aliphatic carbocycles. The number of hydrazine groups is 1. The van der Waals surface area contributed by atoms with Crippen LogP contribution in [0.15, 0.2) is 54.3 Å². The standard InChI is InChI=1S/C13H12N4O3S/c18-13(12-10-14-7-8-15-12)16-17-21(19,20)9-6-11-4-2-1-3-5-11/h1-10,17H,(H,16,18). The molecule has 2 N–H and O–H groups in total. The monoisotopic (exact) mass is 304 g/mol. The minimum atomic E-state index is -3.79. The number of sulfonamides is 1. The van der Waals surface area contributed by atoms with Crippen molar-refractivity contribution >= 4 is 22.0 Å². The first-order valence-corrected chi connectivity index (χ1v) is 7.43. The van der Waals surface area contributed by atoms with Crippen LogP contribution >= 0.6 is 0 Å². The van der Waals surface area contributed by atoms with E-state index in [1.807, 2.05) is 16.3 Å². The molecule has 0 fully saturated rings. The Hall–Kier alpha value is -2.58. The molecule has 1 amide bonds. The van der Waals surface area contributed by atoms with Crippen LogP contribution in [0.1, 0.15) is 16.1 Å². The van der Waals surface area contributed by atoms with Crippen molar-refractivity contribution < 1.29 is 13.2 Å². The summed E-state index contributed by atoms with van der Waals surface area (Å²) in [5, 5.41) is 0.958. The topological polar surface area (TPSA) is 101 Å². The summed E-state index contributed by atoms with van der Waals surface area (Å²) in [6.45, 7) is 0. The van der Waals surface area contributed by atoms with Crippen LogP contribution < -0.4 is 10.3 Å². The first kappa shape index (κ1) is 14.8. The molecule has 0 saturated carbocycles. The Bertz CT molecular complexity index is 731. The highest BCUT2D eigenvalue weighted by Crippen LogP contribution is 2.02. The van der Waals surface area contributed by atoms with E-state index in [2.05, 4.69) is 9.97 Å². The summed E-state index contributed by atoms with van der Waals surface area (Å²) >= 11 is 0. The molecule has 0 saturated heterocycles. The Morgan fingerprint density at radius 1 is 1.14 bits per heavy atom. The Labute approximate surface area is 121 Å². The summed E-state index contributed by atoms with van der Waals surface area (Å²) in [5.74, 6) is -0.695. The molecule has 8 heteroatoms. The molecule has 0 aliphatic rings. The largest absolute Gasteiger partial charge is 0.286 e. The Kier molecular flexibility index (Phi) is 4.75. The van der Waals surface area contributed by atoms with Gasteiger partial charge in [0.2, 0.25) is 0 Å². The third-order valence-electron chi connectivity index (χ3n) is 2.34. The van der Waals surface area contributed by atoms with Crippen molar-refractivity contribution in [2.75, 3.05) is 0 Å². The van der Waals surface area contributed by atoms with Crippen LogP contribution in [0.4, 0.5) is 0 Å². The Morgan fingerprint density at radius 3 is 2.57 bits per heavy atom. The van der Waals surface area contributed by atoms with Gasteiger partial charge in [0.1, 0.15) is 5.69 Å². The van der Waals surface area contributed by atoms with Gasteiger partial charge < -0.3 is 0 Å². The predicted molar refractivity (Wildman–Crippen MR) is 77.0 cm³/mol. The number of nitrogens with one attached hydrogen (secondary N) is 2. The smallest absolute Gasteiger partial charge is 0.272 e. The molecule has 1 heterocycles. The number of benzene rings is 1. The first-order valence-electron chi connectivity index (χ1n) is 5.88. The van der Waals surface area contributed by atoms with Gasteiger partial charge in [-0.25, -0.2) is 13.4 Å². The number of amides is 1. The van der Waals surface area contributed by atoms with Crippen molar-refractivity contribution in [3.63, 3.8) is 0 Å². The quantitative estimate of drug-likeness (QED) is 0.792. The molecule has 0 spiro atoms. The highest BCUT2D eigenvalue weighted by Gasteiger charge is 2.10. The summed E-state index contributed by atoms with van der Waals surface area (Å²) < 4.78 is 23.4. The lowest BCUT2D eigenvalue weighted by Crippen LogP contribution is -2.40. The lowest BCUT2D eigenvalue weighted by atomic mass is 10.2. The number of carbonyl (C=O) groups is 1. The Morgan fingerprint density at radius 2 is 1.90 bits per heavy atom. The van der Waals surface area contributed by atoms with E-state index in [-0.39, 0.29) is 5.69 Å². The van der Waals surface area contributed by atoms with Crippen LogP contribution in [0, 0.1) is 0 Å². The fourth-order valence-corrected chi connectivity index (χ4v) is 2.00. The number of aromatic nitrogens is 2. The van der Waals surface area contributed by atoms with Crippen molar-refractivity contribution in [1.29, 1.82) is 0 Å². The minimum Gasteiger partial charge on any atom is -0.272 e. The molecule has 2 rings (SSSR count). The fraction of sp³-hybridized carbons (Fsp3) is 0. The molecule has 0 atom stereocenters. The van der Waals surface area contributed by atoms with E-state index in [0.717, 1.165) is 11.0 Å². The van der Waals surface area contributed by atoms with Crippen LogP contribution in [0.3, 0.4) is 0 Å². The summed E-state index contributed by atoms with van der Waals surface area (Å²) in [6.07, 6.45) is 5.38. The third-order valence-corrected chi connectivity index (χ3v) is 3.22. The summed E-state index contributed by atoms with van der Waals surface area (Å²) in [7, 11) is -3.79. The van der Waals surface area contributed by atoms with Gasteiger partial charge in [-0.05, 0) is 11.6 Å². The molecule has 2 aromatic rings. The number of rotatable bonds is 5. The van der Waals surface area contributed by atoms with Gasteiger partial charge in [-0.15, -0.1) is 4.83 Å². The van der Waals surface area contributed by atoms with Gasteiger partial charge in [0, 0.05) is 17.8 Å². The average molecular weight is 304 g/mol. The highest BCUT2D eigenvalue weighted by molar-refractivity contribution is 7.92. The van der Waals surface area contributed by atoms with E-state index in [9.17, 15) is 13.2 Å². The van der Waals surface area contributed by atoms with Gasteiger partial charge in [0.15, 0.2) is 0 Å². The fourth-order valence-electron chi connectivity index (χ4n) is 1.36. The molecule has 0 bridgehead atoms. The average Bonchev–Trinajstić information content (AvgIpc) is 2.53. The Balaban J connectivity index is 1.96. The number of carbonyl (C=O) groups excluding carboxylic acids is 1. The zero-order valence-electron chi connectivity index (χ0n) is 10.8. The van der Waals surface area contributed by atoms with E-state index in [1.54, 1.807) is 24.3 Å². The van der Waals surface area contributed by atoms with Crippen LogP contribution in [-0.4, -0.2) is 24.3 Å². The number of nitrogens with zero attached hydrogens (tertiary/aromatic N) is 2. The predicted octanol–water partition coefficient (Wildman–Crippen LogP) is 0.712. The normalized spacial score (nSPS) is 11.4. The third kappa shape index (κ3) is 4.79. The maximum Gasteiger partial charge on any atom is 0.286 e. The van der Waals surface area contributed by atoms with Crippen LogP contribution in [-0.2, 0) is 10.0 Å². The molecule has 7 nitrogen and oxygen atoms in total. The van der Waals surface area contributed by atoms with Gasteiger partial charge in [0.05, 0.1) is 6.20 Å². The zero-order valence-corrected chi connectivity index (χ0v) is 11.6. The van der Waals surface area contributed by atoms with E-state index in [1.165, 1.54) is 24.7 Å². The lowest BCUT2D eigenvalue weighted by Gasteiger charge is -2.04. The number of hydrogen-bond acceptors (Lipinski definition) is 5. The molecule has 108 valence electrons. The van der Waals surface area contributed by atoms with Gasteiger partial charge >= 0.3 is 0 Å². The van der Waals surface area contributed by atoms with Crippen molar-refractivity contribution in [2.24, 2.45) is 0 Å². The van der Waals surface area contributed by atoms with Gasteiger partial charge in [-0.2, -0.15) is 0 Å². The SMILES string of the molecule is O=C(NNS(=O)(=O)C=Cc1ccccc1)c1cnccn1. The van der Waals surface area contributed by atoms with E-state index in [0.29, 0.717) is 0 Å². The first-order chi connectivity index (χ1) is 10.1. The second-order valence-corrected chi connectivity index (χ2v) is 5.47. The molecule has 0 unspecified atom stereocenters. The van der Waals surface area contributed by atoms with Crippen LogP contribution in [0.2, 0.25) is 0 Å². The van der Waals surface area contributed by atoms with E-state index >= 15 is 0 Å². The minimum absolute atomic E-state index is 0.00670. The van der Waals surface area contributed by atoms with Crippen molar-refractivity contribution in [2.45, 2.75) is 0 Å². The van der Waals surface area contributed by atoms with E-state index in [4.69, 9.17) is 0 Å². The van der Waals surface area contributed by atoms with Crippen molar-refractivity contribution in [3.8, 4) is 0 Å². The number of hydrogen-bond donors (Lipinski definition) is 2. The summed E-state index contributed by atoms with van der Waals surface area (Å²) in [4.78, 5) is 21.0. The van der Waals surface area contributed by atoms with Gasteiger partial charge in [-0.1, -0.05) is 30.3 Å². The summed E-state index contributed by atoms with van der Waals surface area (Å²) in [6, 6.07) is 8.91. The molecular weight excluding hydrogens is 292 g/mol. The van der Waals surface area contributed by atoms with Crippen LogP contribution in [0.5, 0.6) is 0 Å². The van der Waals surface area contributed by atoms with Crippen molar-refractivity contribution in [3.05, 3.63) is 65.6 Å². The zero-order chi connectivity index (χ0) is 15.1. The van der Waals surface area contributed by atoms with Gasteiger partial charge in [-0.3, -0.25) is 15.2 Å². The van der Waals surface area contributed by atoms with Crippen molar-refractivity contribution in [1.82, 2.24) is 20.2 Å².